The molecule has 6 nitrogen and oxygen atoms in total. The number of aromatic nitrogens is 2. The summed E-state index contributed by atoms with van der Waals surface area (Å²) < 4.78 is 1.66. The van der Waals surface area contributed by atoms with Gasteiger partial charge in [0, 0.05) is 38.3 Å². The molecule has 1 aliphatic heterocycles. The topological polar surface area (TPSA) is 58.4 Å². The SMILES string of the molecule is CCC1CN(C(=O)Cn2cc(C)cn2)CCC(=O)N1Cc1ccccc1. The van der Waals surface area contributed by atoms with Crippen LogP contribution in [0.3, 0.4) is 0 Å². The lowest BCUT2D eigenvalue weighted by molar-refractivity contribution is -0.133. The van der Waals surface area contributed by atoms with E-state index in [9.17, 15) is 9.59 Å². The first-order chi connectivity index (χ1) is 12.6. The zero-order valence-electron chi connectivity index (χ0n) is 15.5. The Labute approximate surface area is 154 Å². The molecule has 0 saturated carbocycles. The molecule has 1 saturated heterocycles. The number of rotatable bonds is 5. The molecule has 6 heteroatoms. The Morgan fingerprint density at radius 3 is 2.69 bits per heavy atom. The molecular formula is C20H26N4O2. The van der Waals surface area contributed by atoms with Crippen molar-refractivity contribution in [3.8, 4) is 0 Å². The van der Waals surface area contributed by atoms with Gasteiger partial charge >= 0.3 is 0 Å². The molecule has 0 spiro atoms. The molecule has 0 radical (unpaired) electrons. The Morgan fingerprint density at radius 2 is 2.04 bits per heavy atom. The van der Waals surface area contributed by atoms with Gasteiger partial charge in [0.1, 0.15) is 6.54 Å². The van der Waals surface area contributed by atoms with E-state index < -0.39 is 0 Å². The van der Waals surface area contributed by atoms with E-state index in [0.717, 1.165) is 17.5 Å². The molecule has 1 atom stereocenters. The van der Waals surface area contributed by atoms with Crippen LogP contribution in [0.25, 0.3) is 0 Å². The lowest BCUT2D eigenvalue weighted by atomic mass is 10.1. The molecule has 2 heterocycles. The maximum atomic E-state index is 12.7. The van der Waals surface area contributed by atoms with E-state index in [2.05, 4.69) is 12.0 Å². The smallest absolute Gasteiger partial charge is 0.244 e. The van der Waals surface area contributed by atoms with Gasteiger partial charge in [0.2, 0.25) is 11.8 Å². The van der Waals surface area contributed by atoms with Crippen molar-refractivity contribution in [2.75, 3.05) is 13.1 Å². The minimum absolute atomic E-state index is 0.0147. The predicted molar refractivity (Wildman–Crippen MR) is 99.2 cm³/mol. The lowest BCUT2D eigenvalue weighted by Crippen LogP contribution is -2.44. The van der Waals surface area contributed by atoms with Gasteiger partial charge in [-0.2, -0.15) is 5.10 Å². The summed E-state index contributed by atoms with van der Waals surface area (Å²) in [6.45, 7) is 5.89. The first-order valence-electron chi connectivity index (χ1n) is 9.17. The van der Waals surface area contributed by atoms with E-state index in [1.54, 1.807) is 10.9 Å². The number of aryl methyl sites for hydroxylation is 1. The first kappa shape index (κ1) is 18.2. The largest absolute Gasteiger partial charge is 0.339 e. The van der Waals surface area contributed by atoms with E-state index in [-0.39, 0.29) is 24.4 Å². The molecule has 1 unspecified atom stereocenters. The number of carbonyl (C=O) groups excluding carboxylic acids is 2. The van der Waals surface area contributed by atoms with Crippen LogP contribution in [0.1, 0.15) is 30.9 Å². The van der Waals surface area contributed by atoms with Crippen molar-refractivity contribution in [2.24, 2.45) is 0 Å². The normalized spacial score (nSPS) is 18.1. The molecule has 2 aromatic rings. The van der Waals surface area contributed by atoms with Crippen LogP contribution in [0.15, 0.2) is 42.7 Å². The predicted octanol–water partition coefficient (Wildman–Crippen LogP) is 2.23. The summed E-state index contributed by atoms with van der Waals surface area (Å²) in [5, 5.41) is 4.19. The van der Waals surface area contributed by atoms with E-state index in [1.807, 2.05) is 53.3 Å². The highest BCUT2D eigenvalue weighted by molar-refractivity contribution is 5.80. The van der Waals surface area contributed by atoms with Crippen molar-refractivity contribution in [3.05, 3.63) is 53.9 Å². The van der Waals surface area contributed by atoms with Crippen LogP contribution >= 0.6 is 0 Å². The van der Waals surface area contributed by atoms with Gasteiger partial charge in [-0.05, 0) is 24.5 Å². The van der Waals surface area contributed by atoms with Gasteiger partial charge in [-0.3, -0.25) is 14.3 Å². The van der Waals surface area contributed by atoms with Gasteiger partial charge in [-0.25, -0.2) is 0 Å². The maximum absolute atomic E-state index is 12.7. The second kappa shape index (κ2) is 8.17. The monoisotopic (exact) mass is 354 g/mol. The van der Waals surface area contributed by atoms with E-state index in [1.165, 1.54) is 0 Å². The molecule has 138 valence electrons. The third-order valence-corrected chi connectivity index (χ3v) is 4.87. The molecule has 2 amide bonds. The fraction of sp³-hybridized carbons (Fsp3) is 0.450. The minimum atomic E-state index is 0.0147. The van der Waals surface area contributed by atoms with Crippen LogP contribution < -0.4 is 0 Å². The summed E-state index contributed by atoms with van der Waals surface area (Å²) >= 11 is 0. The summed E-state index contributed by atoms with van der Waals surface area (Å²) in [5.41, 5.74) is 2.15. The van der Waals surface area contributed by atoms with Crippen LogP contribution in [0.4, 0.5) is 0 Å². The van der Waals surface area contributed by atoms with Crippen molar-refractivity contribution in [1.29, 1.82) is 0 Å². The number of hydrogen-bond acceptors (Lipinski definition) is 3. The zero-order chi connectivity index (χ0) is 18.5. The zero-order valence-corrected chi connectivity index (χ0v) is 15.5. The molecule has 1 aliphatic rings. The highest BCUT2D eigenvalue weighted by Gasteiger charge is 2.30. The Bertz CT molecular complexity index is 756. The number of nitrogens with zero attached hydrogens (tertiary/aromatic N) is 4. The van der Waals surface area contributed by atoms with Gasteiger partial charge in [0.15, 0.2) is 0 Å². The standard InChI is InChI=1S/C20H26N4O2/c1-3-18-14-22(20(26)15-23-12-16(2)11-21-23)10-9-19(25)24(18)13-17-7-5-4-6-8-17/h4-8,11-12,18H,3,9-10,13-15H2,1-2H3. The quantitative estimate of drug-likeness (QED) is 0.827. The fourth-order valence-corrected chi connectivity index (χ4v) is 3.39. The van der Waals surface area contributed by atoms with Crippen molar-refractivity contribution in [3.63, 3.8) is 0 Å². The van der Waals surface area contributed by atoms with Crippen LogP contribution in [-0.2, 0) is 22.7 Å². The fourth-order valence-electron chi connectivity index (χ4n) is 3.39. The molecule has 0 bridgehead atoms. The van der Waals surface area contributed by atoms with Gasteiger partial charge in [-0.15, -0.1) is 0 Å². The Morgan fingerprint density at radius 1 is 1.27 bits per heavy atom. The minimum Gasteiger partial charge on any atom is -0.339 e. The van der Waals surface area contributed by atoms with Gasteiger partial charge in [0.05, 0.1) is 6.20 Å². The lowest BCUT2D eigenvalue weighted by Gasteiger charge is -2.31. The van der Waals surface area contributed by atoms with Crippen molar-refractivity contribution >= 4 is 11.8 Å². The molecule has 0 N–H and O–H groups in total. The number of benzene rings is 1. The van der Waals surface area contributed by atoms with Crippen LogP contribution in [0, 0.1) is 6.92 Å². The highest BCUT2D eigenvalue weighted by Crippen LogP contribution is 2.18. The van der Waals surface area contributed by atoms with Gasteiger partial charge in [-0.1, -0.05) is 37.3 Å². The Balaban J connectivity index is 1.70. The average Bonchev–Trinajstić information content (AvgIpc) is 2.98. The molecule has 1 fully saturated rings. The Kier molecular flexibility index (Phi) is 5.71. The molecular weight excluding hydrogens is 328 g/mol. The second-order valence-corrected chi connectivity index (χ2v) is 6.87. The summed E-state index contributed by atoms with van der Waals surface area (Å²) in [7, 11) is 0. The van der Waals surface area contributed by atoms with E-state index in [0.29, 0.717) is 26.1 Å². The van der Waals surface area contributed by atoms with Crippen molar-refractivity contribution < 1.29 is 9.59 Å². The van der Waals surface area contributed by atoms with Crippen LogP contribution in [-0.4, -0.2) is 50.5 Å². The maximum Gasteiger partial charge on any atom is 0.244 e. The van der Waals surface area contributed by atoms with Crippen LogP contribution in [0.2, 0.25) is 0 Å². The summed E-state index contributed by atoms with van der Waals surface area (Å²) in [6.07, 6.45) is 4.80. The van der Waals surface area contributed by atoms with Crippen LogP contribution in [0.5, 0.6) is 0 Å². The highest BCUT2D eigenvalue weighted by atomic mass is 16.2. The molecule has 1 aromatic carbocycles. The average molecular weight is 354 g/mol. The molecule has 3 rings (SSSR count). The third-order valence-electron chi connectivity index (χ3n) is 4.87. The molecule has 26 heavy (non-hydrogen) atoms. The van der Waals surface area contributed by atoms with Crippen molar-refractivity contribution in [1.82, 2.24) is 19.6 Å². The van der Waals surface area contributed by atoms with E-state index >= 15 is 0 Å². The molecule has 1 aromatic heterocycles. The number of hydrogen-bond donors (Lipinski definition) is 0. The van der Waals surface area contributed by atoms with Gasteiger partial charge in [0.25, 0.3) is 0 Å². The van der Waals surface area contributed by atoms with Crippen molar-refractivity contribution in [2.45, 2.75) is 45.8 Å². The third kappa shape index (κ3) is 4.31. The first-order valence-corrected chi connectivity index (χ1v) is 9.17. The number of amides is 2. The summed E-state index contributed by atoms with van der Waals surface area (Å²) in [5.74, 6) is 0.131. The van der Waals surface area contributed by atoms with E-state index in [4.69, 9.17) is 0 Å². The van der Waals surface area contributed by atoms with Gasteiger partial charge < -0.3 is 9.80 Å². The molecule has 0 aliphatic carbocycles. The Hall–Kier alpha value is -2.63. The summed E-state index contributed by atoms with van der Waals surface area (Å²) in [6, 6.07) is 10.1. The number of carbonyl (C=O) groups is 2. The second-order valence-electron chi connectivity index (χ2n) is 6.87. The summed E-state index contributed by atoms with van der Waals surface area (Å²) in [4.78, 5) is 29.1.